The highest BCUT2D eigenvalue weighted by atomic mass is 16.8. The fourth-order valence-corrected chi connectivity index (χ4v) is 8.06. The van der Waals surface area contributed by atoms with Gasteiger partial charge < -0.3 is 29.2 Å². The van der Waals surface area contributed by atoms with Crippen LogP contribution in [0.15, 0.2) is 0 Å². The number of aliphatic hydroxyl groups is 2. The van der Waals surface area contributed by atoms with Crippen molar-refractivity contribution in [3.8, 4) is 0 Å². The van der Waals surface area contributed by atoms with E-state index >= 15 is 0 Å². The number of ether oxygens (including phenoxy) is 4. The molecule has 6 rings (SSSR count). The molecule has 6 aliphatic rings. The van der Waals surface area contributed by atoms with Gasteiger partial charge in [0, 0.05) is 6.42 Å². The van der Waals surface area contributed by atoms with Crippen LogP contribution in [0.5, 0.6) is 0 Å². The van der Waals surface area contributed by atoms with E-state index in [2.05, 4.69) is 0 Å². The second kappa shape index (κ2) is 4.48. The monoisotopic (exact) mass is 408 g/mol. The van der Waals surface area contributed by atoms with Gasteiger partial charge in [0.1, 0.15) is 12.2 Å². The van der Waals surface area contributed by atoms with E-state index in [9.17, 15) is 24.6 Å². The number of aliphatic hydroxyl groups excluding tert-OH is 1. The largest absolute Gasteiger partial charge is 0.459 e. The maximum atomic E-state index is 13.3. The Morgan fingerprint density at radius 1 is 1.03 bits per heavy atom. The average molecular weight is 408 g/mol. The summed E-state index contributed by atoms with van der Waals surface area (Å²) < 4.78 is 22.9. The van der Waals surface area contributed by atoms with Gasteiger partial charge in [-0.1, -0.05) is 20.8 Å². The third-order valence-corrected chi connectivity index (χ3v) is 8.97. The van der Waals surface area contributed by atoms with Crippen LogP contribution in [0.2, 0.25) is 0 Å². The fraction of sp³-hybridized carbons (Fsp3) is 0.850. The summed E-state index contributed by atoms with van der Waals surface area (Å²) in [6, 6.07) is 0. The minimum atomic E-state index is -1.97. The van der Waals surface area contributed by atoms with Gasteiger partial charge in [-0.2, -0.15) is 0 Å². The van der Waals surface area contributed by atoms with E-state index in [0.29, 0.717) is 6.42 Å². The normalized spacial score (nSPS) is 59.2. The van der Waals surface area contributed by atoms with Crippen molar-refractivity contribution in [1.29, 1.82) is 0 Å². The number of fused-ring (bicyclic) bond motifs is 1. The summed E-state index contributed by atoms with van der Waals surface area (Å²) >= 11 is 0. The first-order valence-electron chi connectivity index (χ1n) is 10.1. The molecule has 6 fully saturated rings. The highest BCUT2D eigenvalue weighted by Crippen LogP contribution is 2.84. The van der Waals surface area contributed by atoms with E-state index < -0.39 is 70.5 Å². The van der Waals surface area contributed by atoms with Gasteiger partial charge in [-0.05, 0) is 24.7 Å². The molecule has 0 aromatic carbocycles. The topological polar surface area (TPSA) is 129 Å². The molecule has 2 N–H and O–H groups in total. The van der Waals surface area contributed by atoms with E-state index in [1.165, 1.54) is 6.92 Å². The lowest BCUT2D eigenvalue weighted by Crippen LogP contribution is -2.66. The lowest BCUT2D eigenvalue weighted by atomic mass is 9.51. The Hall–Kier alpha value is -1.71. The van der Waals surface area contributed by atoms with Gasteiger partial charge in [-0.25, -0.2) is 9.59 Å². The van der Waals surface area contributed by atoms with Crippen LogP contribution < -0.4 is 0 Å². The van der Waals surface area contributed by atoms with Crippen LogP contribution in [0.1, 0.15) is 40.5 Å². The van der Waals surface area contributed by atoms with E-state index in [4.69, 9.17) is 18.9 Å². The molecular formula is C20H24O9. The van der Waals surface area contributed by atoms with E-state index in [1.807, 2.05) is 20.8 Å². The first-order valence-corrected chi connectivity index (χ1v) is 10.1. The Bertz CT molecular complexity index is 893. The standard InChI is InChI=1S/C20H24O9/c1-7-12(22)26-10-6-17-9-5-8(16(2,3)4)18(17)11(21)13(23)28-15(18)29-20(17,14(24)27-9)19(7,10)25/h7-11,15,21,25H,5-6H2,1-4H3/t7-,8+,9+,10+,11+,15+,17-,18+,19-,20-/m1/s1. The number of hydrogen-bond acceptors (Lipinski definition) is 9. The van der Waals surface area contributed by atoms with Gasteiger partial charge in [0.25, 0.3) is 0 Å². The quantitative estimate of drug-likeness (QED) is 0.408. The second-order valence-corrected chi connectivity index (χ2v) is 10.6. The van der Waals surface area contributed by atoms with Crippen LogP contribution in [0.3, 0.4) is 0 Å². The molecule has 9 heteroatoms. The molecule has 0 unspecified atom stereocenters. The third-order valence-electron chi connectivity index (χ3n) is 8.97. The Labute approximate surface area is 166 Å². The van der Waals surface area contributed by atoms with Gasteiger partial charge in [0.05, 0.1) is 16.7 Å². The van der Waals surface area contributed by atoms with Crippen molar-refractivity contribution in [1.82, 2.24) is 0 Å². The summed E-state index contributed by atoms with van der Waals surface area (Å²) in [6.45, 7) is 7.47. The van der Waals surface area contributed by atoms with Crippen LogP contribution >= 0.6 is 0 Å². The van der Waals surface area contributed by atoms with Crippen molar-refractivity contribution in [2.45, 2.75) is 76.3 Å². The lowest BCUT2D eigenvalue weighted by Gasteiger charge is -2.46. The number of hydrogen-bond donors (Lipinski definition) is 2. The molecule has 2 saturated carbocycles. The van der Waals surface area contributed by atoms with Crippen molar-refractivity contribution in [3.05, 3.63) is 0 Å². The first-order chi connectivity index (χ1) is 13.4. The molecule has 4 aliphatic heterocycles. The third kappa shape index (κ3) is 1.35. The van der Waals surface area contributed by atoms with Gasteiger partial charge in [0.2, 0.25) is 11.9 Å². The van der Waals surface area contributed by atoms with Gasteiger partial charge >= 0.3 is 17.9 Å². The van der Waals surface area contributed by atoms with Crippen LogP contribution in [0.25, 0.3) is 0 Å². The summed E-state index contributed by atoms with van der Waals surface area (Å²) in [5.74, 6) is -3.52. The summed E-state index contributed by atoms with van der Waals surface area (Å²) in [4.78, 5) is 38.1. The summed E-state index contributed by atoms with van der Waals surface area (Å²) in [5, 5.41) is 23.0. The van der Waals surface area contributed by atoms with Crippen molar-refractivity contribution < 1.29 is 43.5 Å². The summed E-state index contributed by atoms with van der Waals surface area (Å²) in [5.41, 5.74) is -6.81. The zero-order chi connectivity index (χ0) is 20.9. The Kier molecular flexibility index (Phi) is 2.79. The van der Waals surface area contributed by atoms with Crippen LogP contribution in [0.4, 0.5) is 0 Å². The van der Waals surface area contributed by atoms with Crippen molar-refractivity contribution in [3.63, 3.8) is 0 Å². The zero-order valence-corrected chi connectivity index (χ0v) is 16.6. The molecule has 0 radical (unpaired) electrons. The Morgan fingerprint density at radius 2 is 1.72 bits per heavy atom. The fourth-order valence-electron chi connectivity index (χ4n) is 8.06. The van der Waals surface area contributed by atoms with Crippen LogP contribution in [0, 0.1) is 28.1 Å². The maximum absolute atomic E-state index is 13.3. The van der Waals surface area contributed by atoms with Crippen molar-refractivity contribution in [2.75, 3.05) is 0 Å². The van der Waals surface area contributed by atoms with Crippen molar-refractivity contribution >= 4 is 17.9 Å². The Balaban J connectivity index is 1.68. The molecule has 0 bridgehead atoms. The number of rotatable bonds is 0. The number of carbonyl (C=O) groups excluding carboxylic acids is 3. The van der Waals surface area contributed by atoms with E-state index in [0.717, 1.165) is 0 Å². The highest BCUT2D eigenvalue weighted by molar-refractivity contribution is 5.93. The minimum Gasteiger partial charge on any atom is -0.459 e. The smallest absolute Gasteiger partial charge is 0.342 e. The molecule has 0 aromatic rings. The molecule has 9 nitrogen and oxygen atoms in total. The molecular weight excluding hydrogens is 384 g/mol. The molecule has 0 amide bonds. The van der Waals surface area contributed by atoms with Gasteiger partial charge in [0.15, 0.2) is 11.7 Å². The predicted octanol–water partition coefficient (Wildman–Crippen LogP) is -0.340. The first kappa shape index (κ1) is 18.1. The molecule has 4 saturated heterocycles. The number of carbonyl (C=O) groups is 3. The molecule has 4 heterocycles. The SMILES string of the molecule is C[C@@H]1C(=O)O[C@H]2C[C@@]34[C@@H]5C[C@@H](C(C)(C)C)[C@]36[C@@H](OC(=O)[C@@H]6O)O[C@@]4(C(=O)O5)[C@]21O. The minimum absolute atomic E-state index is 0.0623. The second-order valence-electron chi connectivity index (χ2n) is 10.6. The van der Waals surface area contributed by atoms with Gasteiger partial charge in [-0.3, -0.25) is 4.79 Å². The highest BCUT2D eigenvalue weighted by Gasteiger charge is 3.01. The number of esters is 3. The summed E-state index contributed by atoms with van der Waals surface area (Å²) in [6.07, 6.45) is -3.96. The Morgan fingerprint density at radius 3 is 2.38 bits per heavy atom. The molecule has 2 spiro atoms. The van der Waals surface area contributed by atoms with E-state index in [-0.39, 0.29) is 17.8 Å². The molecule has 158 valence electrons. The lowest BCUT2D eigenvalue weighted by molar-refractivity contribution is -0.238. The molecule has 10 atom stereocenters. The van der Waals surface area contributed by atoms with Gasteiger partial charge in [-0.15, -0.1) is 0 Å². The van der Waals surface area contributed by atoms with E-state index in [1.54, 1.807) is 0 Å². The predicted molar refractivity (Wildman–Crippen MR) is 90.6 cm³/mol. The average Bonchev–Trinajstić information content (AvgIpc) is 3.31. The van der Waals surface area contributed by atoms with Crippen LogP contribution in [-0.2, 0) is 33.3 Å². The molecule has 0 aromatic heterocycles. The zero-order valence-electron chi connectivity index (χ0n) is 16.6. The molecule has 2 aliphatic carbocycles. The summed E-state index contributed by atoms with van der Waals surface area (Å²) in [7, 11) is 0. The van der Waals surface area contributed by atoms with Crippen molar-refractivity contribution in [2.24, 2.45) is 28.1 Å². The maximum Gasteiger partial charge on any atom is 0.342 e. The molecule has 29 heavy (non-hydrogen) atoms. The van der Waals surface area contributed by atoms with Crippen LogP contribution in [-0.4, -0.2) is 63.9 Å².